The van der Waals surface area contributed by atoms with Crippen molar-refractivity contribution in [3.63, 3.8) is 0 Å². The van der Waals surface area contributed by atoms with Crippen molar-refractivity contribution in [2.75, 3.05) is 11.9 Å². The van der Waals surface area contributed by atoms with E-state index in [9.17, 15) is 28.0 Å². The minimum absolute atomic E-state index is 0.120. The Morgan fingerprint density at radius 3 is 2.31 bits per heavy atom. The maximum absolute atomic E-state index is 13.5. The lowest BCUT2D eigenvalue weighted by Crippen LogP contribution is -2.28. The molecule has 7 nitrogen and oxygen atoms in total. The molecule has 0 bridgehead atoms. The Bertz CT molecular complexity index is 959. The number of benzene rings is 2. The molecule has 0 saturated carbocycles. The summed E-state index contributed by atoms with van der Waals surface area (Å²) in [5, 5.41) is 2.12. The summed E-state index contributed by atoms with van der Waals surface area (Å²) >= 11 is 0. The van der Waals surface area contributed by atoms with Crippen LogP contribution in [0.2, 0.25) is 0 Å². The highest BCUT2D eigenvalue weighted by Gasteiger charge is 2.28. The zero-order valence-electron chi connectivity index (χ0n) is 15.1. The molecule has 1 aliphatic rings. The molecule has 150 valence electrons. The van der Waals surface area contributed by atoms with Gasteiger partial charge in [-0.2, -0.15) is 0 Å². The number of esters is 1. The molecule has 0 atom stereocenters. The molecule has 2 aromatic carbocycles. The Morgan fingerprint density at radius 2 is 1.66 bits per heavy atom. The third kappa shape index (κ3) is 5.01. The van der Waals surface area contributed by atoms with Gasteiger partial charge in [-0.05, 0) is 29.8 Å². The minimum atomic E-state index is -0.828. The highest BCUT2D eigenvalue weighted by molar-refractivity contribution is 6.01. The van der Waals surface area contributed by atoms with Gasteiger partial charge in [0.05, 0.1) is 17.8 Å². The van der Waals surface area contributed by atoms with Crippen LogP contribution in [0, 0.1) is 11.6 Å². The van der Waals surface area contributed by atoms with Crippen LogP contribution in [0.5, 0.6) is 0 Å². The molecular formula is C20H16F2N2O5. The van der Waals surface area contributed by atoms with Gasteiger partial charge in [0.15, 0.2) is 6.61 Å². The highest BCUT2D eigenvalue weighted by Crippen LogP contribution is 2.17. The number of halogens is 2. The monoisotopic (exact) mass is 402 g/mol. The van der Waals surface area contributed by atoms with Crippen LogP contribution in [0.4, 0.5) is 14.5 Å². The second kappa shape index (κ2) is 8.59. The molecule has 0 aromatic heterocycles. The van der Waals surface area contributed by atoms with Gasteiger partial charge >= 0.3 is 5.97 Å². The zero-order valence-corrected chi connectivity index (χ0v) is 15.1. The summed E-state index contributed by atoms with van der Waals surface area (Å²) in [5.41, 5.74) is 0.448. The number of carbonyl (C=O) groups is 4. The summed E-state index contributed by atoms with van der Waals surface area (Å²) in [7, 11) is 0. The molecule has 1 N–H and O–H groups in total. The first-order valence-electron chi connectivity index (χ1n) is 8.67. The third-order valence-corrected chi connectivity index (χ3v) is 4.22. The highest BCUT2D eigenvalue weighted by atomic mass is 19.1. The van der Waals surface area contributed by atoms with Gasteiger partial charge in [-0.1, -0.05) is 12.1 Å². The van der Waals surface area contributed by atoms with Gasteiger partial charge in [-0.25, -0.2) is 13.6 Å². The van der Waals surface area contributed by atoms with Gasteiger partial charge < -0.3 is 10.1 Å². The minimum Gasteiger partial charge on any atom is -0.452 e. The lowest BCUT2D eigenvalue weighted by molar-refractivity contribution is -0.139. The Kier molecular flexibility index (Phi) is 5.96. The number of nitrogens with zero attached hydrogens (tertiary/aromatic N) is 1. The number of likely N-dealkylation sites (tertiary alicyclic amines) is 1. The van der Waals surface area contributed by atoms with Crippen LogP contribution in [0.1, 0.15) is 28.8 Å². The van der Waals surface area contributed by atoms with Gasteiger partial charge in [-0.15, -0.1) is 0 Å². The summed E-state index contributed by atoms with van der Waals surface area (Å²) in [4.78, 5) is 48.2. The summed E-state index contributed by atoms with van der Waals surface area (Å²) in [6.07, 6.45) is 0.398. The average Bonchev–Trinajstić information content (AvgIpc) is 3.01. The Labute approximate surface area is 164 Å². The second-order valence-corrected chi connectivity index (χ2v) is 6.32. The first-order valence-corrected chi connectivity index (χ1v) is 8.67. The van der Waals surface area contributed by atoms with E-state index in [1.165, 1.54) is 12.1 Å². The molecule has 1 fully saturated rings. The number of amides is 3. The van der Waals surface area contributed by atoms with E-state index in [1.807, 2.05) is 0 Å². The lowest BCUT2D eigenvalue weighted by Gasteiger charge is -2.13. The van der Waals surface area contributed by atoms with Crippen molar-refractivity contribution in [1.82, 2.24) is 4.90 Å². The molecule has 3 rings (SSSR count). The van der Waals surface area contributed by atoms with E-state index in [1.54, 1.807) is 12.1 Å². The summed E-state index contributed by atoms with van der Waals surface area (Å²) in [6.45, 7) is -0.568. The van der Waals surface area contributed by atoms with Crippen LogP contribution in [-0.4, -0.2) is 35.2 Å². The number of carbonyl (C=O) groups excluding carboxylic acids is 4. The fourth-order valence-electron chi connectivity index (χ4n) is 2.72. The molecule has 0 radical (unpaired) electrons. The quantitative estimate of drug-likeness (QED) is 0.592. The molecule has 9 heteroatoms. The first-order chi connectivity index (χ1) is 13.8. The number of rotatable bonds is 6. The maximum atomic E-state index is 13.5. The van der Waals surface area contributed by atoms with E-state index in [-0.39, 0.29) is 42.5 Å². The largest absolute Gasteiger partial charge is 0.452 e. The van der Waals surface area contributed by atoms with Crippen LogP contribution in [0.3, 0.4) is 0 Å². The van der Waals surface area contributed by atoms with Gasteiger partial charge in [0.25, 0.3) is 5.91 Å². The SMILES string of the molecule is O=C(COC(=O)c1ccc(CN2C(=O)CCC2=O)cc1)Nc1cc(F)ccc1F. The van der Waals surface area contributed by atoms with E-state index >= 15 is 0 Å². The number of hydrogen-bond donors (Lipinski definition) is 1. The molecule has 0 aliphatic carbocycles. The van der Waals surface area contributed by atoms with E-state index in [0.29, 0.717) is 5.56 Å². The topological polar surface area (TPSA) is 92.8 Å². The van der Waals surface area contributed by atoms with E-state index in [4.69, 9.17) is 4.74 Å². The van der Waals surface area contributed by atoms with Crippen molar-refractivity contribution in [1.29, 1.82) is 0 Å². The van der Waals surface area contributed by atoms with Gasteiger partial charge in [0.2, 0.25) is 11.8 Å². The molecule has 0 spiro atoms. The molecule has 29 heavy (non-hydrogen) atoms. The zero-order chi connectivity index (χ0) is 21.0. The molecule has 1 heterocycles. The van der Waals surface area contributed by atoms with Crippen LogP contribution in [-0.2, 0) is 25.7 Å². The maximum Gasteiger partial charge on any atom is 0.338 e. The van der Waals surface area contributed by atoms with Crippen LogP contribution in [0.25, 0.3) is 0 Å². The van der Waals surface area contributed by atoms with Gasteiger partial charge in [-0.3, -0.25) is 19.3 Å². The van der Waals surface area contributed by atoms with Crippen molar-refractivity contribution < 1.29 is 32.7 Å². The van der Waals surface area contributed by atoms with Crippen LogP contribution >= 0.6 is 0 Å². The molecule has 1 saturated heterocycles. The second-order valence-electron chi connectivity index (χ2n) is 6.32. The number of hydrogen-bond acceptors (Lipinski definition) is 5. The van der Waals surface area contributed by atoms with Gasteiger partial charge in [0, 0.05) is 18.9 Å². The van der Waals surface area contributed by atoms with E-state index < -0.39 is 30.1 Å². The van der Waals surface area contributed by atoms with Crippen molar-refractivity contribution in [3.05, 3.63) is 65.2 Å². The Balaban J connectivity index is 1.52. The summed E-state index contributed by atoms with van der Waals surface area (Å²) in [5.74, 6) is -3.64. The average molecular weight is 402 g/mol. The summed E-state index contributed by atoms with van der Waals surface area (Å²) < 4.78 is 31.4. The van der Waals surface area contributed by atoms with Gasteiger partial charge in [0.1, 0.15) is 11.6 Å². The van der Waals surface area contributed by atoms with Crippen molar-refractivity contribution >= 4 is 29.4 Å². The van der Waals surface area contributed by atoms with Crippen molar-refractivity contribution in [3.8, 4) is 0 Å². The molecule has 3 amide bonds. The van der Waals surface area contributed by atoms with Crippen molar-refractivity contribution in [2.45, 2.75) is 19.4 Å². The van der Waals surface area contributed by atoms with Crippen LogP contribution < -0.4 is 5.32 Å². The third-order valence-electron chi connectivity index (χ3n) is 4.22. The fourth-order valence-corrected chi connectivity index (χ4v) is 2.72. The number of anilines is 1. The predicted molar refractivity (Wildman–Crippen MR) is 96.5 cm³/mol. The summed E-state index contributed by atoms with van der Waals surface area (Å²) in [6, 6.07) is 8.59. The molecule has 1 aliphatic heterocycles. The van der Waals surface area contributed by atoms with E-state index in [2.05, 4.69) is 5.32 Å². The Hall–Kier alpha value is -3.62. The fraction of sp³-hybridized carbons (Fsp3) is 0.200. The normalized spacial score (nSPS) is 13.5. The van der Waals surface area contributed by atoms with Crippen LogP contribution in [0.15, 0.2) is 42.5 Å². The number of ether oxygens (including phenoxy) is 1. The number of nitrogens with one attached hydrogen (secondary N) is 1. The Morgan fingerprint density at radius 1 is 1.00 bits per heavy atom. The van der Waals surface area contributed by atoms with E-state index in [0.717, 1.165) is 23.1 Å². The standard InChI is InChI=1S/C20H16F2N2O5/c21-14-5-6-15(22)16(9-14)23-17(25)11-29-20(28)13-3-1-12(2-4-13)10-24-18(26)7-8-19(24)27/h1-6,9H,7-8,10-11H2,(H,23,25). The molecular weight excluding hydrogens is 386 g/mol. The molecule has 0 unspecified atom stereocenters. The lowest BCUT2D eigenvalue weighted by atomic mass is 10.1. The number of imide groups is 1. The first kappa shape index (κ1) is 20.1. The molecule has 2 aromatic rings. The predicted octanol–water partition coefficient (Wildman–Crippen LogP) is 2.41. The van der Waals surface area contributed by atoms with Crippen molar-refractivity contribution in [2.24, 2.45) is 0 Å². The smallest absolute Gasteiger partial charge is 0.338 e.